The van der Waals surface area contributed by atoms with Crippen LogP contribution >= 0.6 is 11.6 Å². The minimum absolute atomic E-state index is 0.0815. The van der Waals surface area contributed by atoms with Crippen molar-refractivity contribution in [2.45, 2.75) is 11.3 Å². The smallest absolute Gasteiger partial charge is 0.266 e. The predicted molar refractivity (Wildman–Crippen MR) is 74.2 cm³/mol. The second kappa shape index (κ2) is 5.78. The van der Waals surface area contributed by atoms with Crippen molar-refractivity contribution in [2.75, 3.05) is 6.54 Å². The SMILES string of the molecule is Cn1ccnc1CCNS(=O)(=O)c1c[nH]c(=O)c(Cl)c1. The lowest BCUT2D eigenvalue weighted by Gasteiger charge is -2.06. The Kier molecular flexibility index (Phi) is 4.26. The normalized spacial score (nSPS) is 11.7. The third-order valence-corrected chi connectivity index (χ3v) is 4.42. The Balaban J connectivity index is 2.06. The fourth-order valence-electron chi connectivity index (χ4n) is 1.61. The summed E-state index contributed by atoms with van der Waals surface area (Å²) in [4.78, 5) is 17.4. The van der Waals surface area contributed by atoms with Gasteiger partial charge >= 0.3 is 0 Å². The van der Waals surface area contributed by atoms with Gasteiger partial charge in [-0.2, -0.15) is 0 Å². The fourth-order valence-corrected chi connectivity index (χ4v) is 2.87. The van der Waals surface area contributed by atoms with E-state index in [4.69, 9.17) is 11.6 Å². The highest BCUT2D eigenvalue weighted by Gasteiger charge is 2.15. The van der Waals surface area contributed by atoms with Crippen LogP contribution in [-0.2, 0) is 23.5 Å². The molecule has 0 aliphatic rings. The Labute approximate surface area is 120 Å². The first-order valence-corrected chi connectivity index (χ1v) is 7.60. The Hall–Kier alpha value is -1.64. The molecule has 2 aromatic rings. The summed E-state index contributed by atoms with van der Waals surface area (Å²) >= 11 is 5.61. The minimum atomic E-state index is -3.71. The monoisotopic (exact) mass is 316 g/mol. The molecule has 0 unspecified atom stereocenters. The Morgan fingerprint density at radius 1 is 1.50 bits per heavy atom. The van der Waals surface area contributed by atoms with Crippen LogP contribution in [0.5, 0.6) is 0 Å². The quantitative estimate of drug-likeness (QED) is 0.828. The first-order valence-electron chi connectivity index (χ1n) is 5.74. The molecule has 108 valence electrons. The summed E-state index contributed by atoms with van der Waals surface area (Å²) in [5, 5.41) is -0.169. The van der Waals surface area contributed by atoms with E-state index in [-0.39, 0.29) is 16.5 Å². The summed E-state index contributed by atoms with van der Waals surface area (Å²) in [7, 11) is -1.88. The van der Waals surface area contributed by atoms with Gasteiger partial charge in [0.15, 0.2) is 0 Å². The van der Waals surface area contributed by atoms with Crippen LogP contribution in [0, 0.1) is 0 Å². The van der Waals surface area contributed by atoms with Crippen LogP contribution in [0.2, 0.25) is 5.02 Å². The van der Waals surface area contributed by atoms with Gasteiger partial charge in [-0.15, -0.1) is 0 Å². The maximum Gasteiger partial charge on any atom is 0.266 e. The molecule has 2 aromatic heterocycles. The average molecular weight is 317 g/mol. The number of imidazole rings is 1. The van der Waals surface area contributed by atoms with Gasteiger partial charge in [0.05, 0.1) is 4.90 Å². The molecule has 0 spiro atoms. The molecule has 20 heavy (non-hydrogen) atoms. The van der Waals surface area contributed by atoms with Gasteiger partial charge in [0.25, 0.3) is 5.56 Å². The van der Waals surface area contributed by atoms with E-state index in [1.165, 1.54) is 0 Å². The number of nitrogens with zero attached hydrogens (tertiary/aromatic N) is 2. The molecule has 0 amide bonds. The molecule has 0 atom stereocenters. The topological polar surface area (TPSA) is 96.8 Å². The molecular weight excluding hydrogens is 304 g/mol. The van der Waals surface area contributed by atoms with Crippen LogP contribution in [0.15, 0.2) is 34.3 Å². The van der Waals surface area contributed by atoms with Gasteiger partial charge in [0.2, 0.25) is 10.0 Å². The van der Waals surface area contributed by atoms with Crippen LogP contribution in [0.1, 0.15) is 5.82 Å². The molecule has 0 radical (unpaired) electrons. The number of halogens is 1. The van der Waals surface area contributed by atoms with E-state index >= 15 is 0 Å². The van der Waals surface area contributed by atoms with Crippen molar-refractivity contribution in [3.05, 3.63) is 45.9 Å². The van der Waals surface area contributed by atoms with Crippen LogP contribution < -0.4 is 10.3 Å². The van der Waals surface area contributed by atoms with Gasteiger partial charge in [0.1, 0.15) is 10.8 Å². The molecule has 0 saturated carbocycles. The third kappa shape index (κ3) is 3.27. The van der Waals surface area contributed by atoms with Gasteiger partial charge in [0, 0.05) is 38.6 Å². The summed E-state index contributed by atoms with van der Waals surface area (Å²) in [6.07, 6.45) is 4.99. The molecule has 2 N–H and O–H groups in total. The Morgan fingerprint density at radius 3 is 2.85 bits per heavy atom. The van der Waals surface area contributed by atoms with Gasteiger partial charge in [-0.1, -0.05) is 11.6 Å². The summed E-state index contributed by atoms with van der Waals surface area (Å²) in [6.45, 7) is 0.198. The van der Waals surface area contributed by atoms with Crippen molar-refractivity contribution in [3.63, 3.8) is 0 Å². The number of nitrogens with one attached hydrogen (secondary N) is 2. The number of aromatic amines is 1. The molecule has 2 heterocycles. The zero-order chi connectivity index (χ0) is 14.8. The Bertz CT molecular complexity index is 766. The lowest BCUT2D eigenvalue weighted by atomic mass is 10.4. The van der Waals surface area contributed by atoms with Crippen LogP contribution in [0.25, 0.3) is 0 Å². The van der Waals surface area contributed by atoms with Gasteiger partial charge < -0.3 is 9.55 Å². The lowest BCUT2D eigenvalue weighted by Crippen LogP contribution is -2.27. The van der Waals surface area contributed by atoms with Crippen molar-refractivity contribution in [3.8, 4) is 0 Å². The zero-order valence-corrected chi connectivity index (χ0v) is 12.2. The standard InChI is InChI=1S/C11H13ClN4O3S/c1-16-5-4-13-10(16)2-3-15-20(18,19)8-6-9(12)11(17)14-7-8/h4-7,15H,2-3H2,1H3,(H,14,17). The van der Waals surface area contributed by atoms with Crippen molar-refractivity contribution < 1.29 is 8.42 Å². The van der Waals surface area contributed by atoms with Gasteiger partial charge in [-0.25, -0.2) is 18.1 Å². The number of hydrogen-bond acceptors (Lipinski definition) is 4. The maximum absolute atomic E-state index is 12.0. The fraction of sp³-hybridized carbons (Fsp3) is 0.273. The van der Waals surface area contributed by atoms with E-state index in [2.05, 4.69) is 14.7 Å². The number of H-pyrrole nitrogens is 1. The molecule has 2 rings (SSSR count). The Morgan fingerprint density at radius 2 is 2.25 bits per heavy atom. The maximum atomic E-state index is 12.0. The number of sulfonamides is 1. The highest BCUT2D eigenvalue weighted by atomic mass is 35.5. The largest absolute Gasteiger partial charge is 0.338 e. The number of aromatic nitrogens is 3. The average Bonchev–Trinajstić information content (AvgIpc) is 2.78. The van der Waals surface area contributed by atoms with Crippen molar-refractivity contribution in [1.29, 1.82) is 0 Å². The molecule has 0 aliphatic carbocycles. The summed E-state index contributed by atoms with van der Waals surface area (Å²) in [6, 6.07) is 1.11. The molecule has 0 aliphatic heterocycles. The van der Waals surface area contributed by atoms with Crippen LogP contribution in [0.3, 0.4) is 0 Å². The second-order valence-electron chi connectivity index (χ2n) is 4.11. The van der Waals surface area contributed by atoms with E-state index in [1.807, 2.05) is 11.6 Å². The summed E-state index contributed by atoms with van der Waals surface area (Å²) < 4.78 is 28.2. The molecule has 0 saturated heterocycles. The van der Waals surface area contributed by atoms with Crippen molar-refractivity contribution in [2.24, 2.45) is 7.05 Å². The van der Waals surface area contributed by atoms with Gasteiger partial charge in [-0.05, 0) is 6.07 Å². The van der Waals surface area contributed by atoms with E-state index in [0.717, 1.165) is 18.1 Å². The first kappa shape index (κ1) is 14.8. The van der Waals surface area contributed by atoms with E-state index in [0.29, 0.717) is 6.42 Å². The number of hydrogen-bond donors (Lipinski definition) is 2. The highest BCUT2D eigenvalue weighted by Crippen LogP contribution is 2.10. The highest BCUT2D eigenvalue weighted by molar-refractivity contribution is 7.89. The van der Waals surface area contributed by atoms with E-state index in [1.54, 1.807) is 12.4 Å². The van der Waals surface area contributed by atoms with Crippen molar-refractivity contribution >= 4 is 21.6 Å². The minimum Gasteiger partial charge on any atom is -0.338 e. The molecule has 0 bridgehead atoms. The van der Waals surface area contributed by atoms with Crippen LogP contribution in [-0.4, -0.2) is 29.5 Å². The van der Waals surface area contributed by atoms with Gasteiger partial charge in [-0.3, -0.25) is 4.79 Å². The van der Waals surface area contributed by atoms with E-state index < -0.39 is 15.6 Å². The summed E-state index contributed by atoms with van der Waals surface area (Å²) in [5.74, 6) is 0.771. The second-order valence-corrected chi connectivity index (χ2v) is 6.29. The lowest BCUT2D eigenvalue weighted by molar-refractivity contribution is 0.579. The van der Waals surface area contributed by atoms with Crippen LogP contribution in [0.4, 0.5) is 0 Å². The third-order valence-electron chi connectivity index (χ3n) is 2.70. The zero-order valence-electron chi connectivity index (χ0n) is 10.6. The molecule has 9 heteroatoms. The molecule has 0 fully saturated rings. The predicted octanol–water partition coefficient (Wildman–Crippen LogP) is 0.283. The van der Waals surface area contributed by atoms with E-state index in [9.17, 15) is 13.2 Å². The number of rotatable bonds is 5. The molecule has 7 nitrogen and oxygen atoms in total. The number of aryl methyl sites for hydroxylation is 1. The first-order chi connectivity index (χ1) is 9.40. The van der Waals surface area contributed by atoms with Crippen molar-refractivity contribution in [1.82, 2.24) is 19.3 Å². The number of pyridine rings is 1. The molecular formula is C11H13ClN4O3S. The molecule has 0 aromatic carbocycles. The summed E-state index contributed by atoms with van der Waals surface area (Å²) in [5.41, 5.74) is -0.529.